The minimum Gasteiger partial charge on any atom is -0.497 e. The first kappa shape index (κ1) is 14.6. The molecular weight excluding hydrogens is 278 g/mol. The van der Waals surface area contributed by atoms with Gasteiger partial charge in [-0.1, -0.05) is 12.1 Å². The number of amides is 1. The summed E-state index contributed by atoms with van der Waals surface area (Å²) in [5.74, 6) is 1.99. The molecular formula is C17H21N3O2. The van der Waals surface area contributed by atoms with Gasteiger partial charge in [0.2, 0.25) is 5.91 Å². The first-order valence-electron chi connectivity index (χ1n) is 7.59. The standard InChI is InChI=1S/C17H21N3O2/c1-12-10-20-11-14(5-8-16(20)18-12)19-17(21)9-13-3-6-15(22-2)7-4-13/h3-4,6-7,10,14H,5,8-9,11H2,1-2H3,(H,19,21)/t14-/m1/s1. The average molecular weight is 299 g/mol. The van der Waals surface area contributed by atoms with Gasteiger partial charge in [-0.15, -0.1) is 0 Å². The average Bonchev–Trinajstić information content (AvgIpc) is 2.87. The number of carbonyl (C=O) groups excluding carboxylic acids is 1. The molecule has 3 rings (SSSR count). The summed E-state index contributed by atoms with van der Waals surface area (Å²) < 4.78 is 7.27. The van der Waals surface area contributed by atoms with Crippen LogP contribution >= 0.6 is 0 Å². The monoisotopic (exact) mass is 299 g/mol. The summed E-state index contributed by atoms with van der Waals surface area (Å²) in [4.78, 5) is 16.7. The predicted molar refractivity (Wildman–Crippen MR) is 83.9 cm³/mol. The Balaban J connectivity index is 1.55. The van der Waals surface area contributed by atoms with Crippen molar-refractivity contribution in [3.05, 3.63) is 47.5 Å². The summed E-state index contributed by atoms with van der Waals surface area (Å²) in [6.07, 6.45) is 4.32. The molecule has 0 spiro atoms. The van der Waals surface area contributed by atoms with Gasteiger partial charge in [-0.2, -0.15) is 0 Å². The molecule has 116 valence electrons. The van der Waals surface area contributed by atoms with Crippen LogP contribution in [0.5, 0.6) is 5.75 Å². The number of aromatic nitrogens is 2. The van der Waals surface area contributed by atoms with Crippen molar-refractivity contribution in [1.29, 1.82) is 0 Å². The number of benzene rings is 1. The molecule has 0 aliphatic carbocycles. The zero-order valence-corrected chi connectivity index (χ0v) is 13.0. The van der Waals surface area contributed by atoms with E-state index in [0.717, 1.165) is 42.2 Å². The minimum atomic E-state index is 0.0652. The molecule has 0 fully saturated rings. The van der Waals surface area contributed by atoms with Crippen molar-refractivity contribution in [3.63, 3.8) is 0 Å². The van der Waals surface area contributed by atoms with Crippen LogP contribution in [0, 0.1) is 6.92 Å². The molecule has 0 bridgehead atoms. The number of aryl methyl sites for hydroxylation is 2. The number of hydrogen-bond donors (Lipinski definition) is 1. The molecule has 0 saturated heterocycles. The molecule has 5 heteroatoms. The Kier molecular flexibility index (Phi) is 4.13. The van der Waals surface area contributed by atoms with Crippen LogP contribution in [0.1, 0.15) is 23.5 Å². The van der Waals surface area contributed by atoms with Crippen molar-refractivity contribution in [2.24, 2.45) is 0 Å². The lowest BCUT2D eigenvalue weighted by atomic mass is 10.1. The normalized spacial score (nSPS) is 16.9. The molecule has 22 heavy (non-hydrogen) atoms. The number of methoxy groups -OCH3 is 1. The summed E-state index contributed by atoms with van der Waals surface area (Å²) in [7, 11) is 1.64. The highest BCUT2D eigenvalue weighted by Crippen LogP contribution is 2.16. The van der Waals surface area contributed by atoms with E-state index in [9.17, 15) is 4.79 Å². The van der Waals surface area contributed by atoms with Crippen molar-refractivity contribution >= 4 is 5.91 Å². The lowest BCUT2D eigenvalue weighted by Crippen LogP contribution is -2.41. The maximum atomic E-state index is 12.2. The molecule has 1 N–H and O–H groups in total. The van der Waals surface area contributed by atoms with E-state index in [-0.39, 0.29) is 11.9 Å². The van der Waals surface area contributed by atoms with Crippen molar-refractivity contribution in [2.45, 2.75) is 38.8 Å². The van der Waals surface area contributed by atoms with Gasteiger partial charge < -0.3 is 14.6 Å². The van der Waals surface area contributed by atoms with E-state index in [0.29, 0.717) is 6.42 Å². The molecule has 0 saturated carbocycles. The van der Waals surface area contributed by atoms with Crippen LogP contribution in [-0.2, 0) is 24.2 Å². The quantitative estimate of drug-likeness (QED) is 0.938. The number of nitrogens with one attached hydrogen (secondary N) is 1. The molecule has 2 aromatic rings. The van der Waals surface area contributed by atoms with Crippen molar-refractivity contribution in [3.8, 4) is 5.75 Å². The second kappa shape index (κ2) is 6.22. The highest BCUT2D eigenvalue weighted by molar-refractivity contribution is 5.78. The van der Waals surface area contributed by atoms with E-state index >= 15 is 0 Å². The Morgan fingerprint density at radius 1 is 1.41 bits per heavy atom. The molecule has 0 radical (unpaired) electrons. The van der Waals surface area contributed by atoms with Crippen LogP contribution in [0.2, 0.25) is 0 Å². The molecule has 1 aliphatic heterocycles. The van der Waals surface area contributed by atoms with E-state index in [1.807, 2.05) is 31.2 Å². The summed E-state index contributed by atoms with van der Waals surface area (Å²) >= 11 is 0. The van der Waals surface area contributed by atoms with Crippen LogP contribution in [-0.4, -0.2) is 28.6 Å². The van der Waals surface area contributed by atoms with Crippen LogP contribution < -0.4 is 10.1 Å². The van der Waals surface area contributed by atoms with Gasteiger partial charge in [0.25, 0.3) is 0 Å². The van der Waals surface area contributed by atoms with Gasteiger partial charge in [0.05, 0.1) is 19.2 Å². The second-order valence-electron chi connectivity index (χ2n) is 5.78. The van der Waals surface area contributed by atoms with Crippen LogP contribution in [0.25, 0.3) is 0 Å². The first-order valence-corrected chi connectivity index (χ1v) is 7.59. The number of rotatable bonds is 4. The molecule has 1 aliphatic rings. The Labute approximate surface area is 130 Å². The fourth-order valence-corrected chi connectivity index (χ4v) is 2.91. The summed E-state index contributed by atoms with van der Waals surface area (Å²) in [6, 6.07) is 7.80. The SMILES string of the molecule is COc1ccc(CC(=O)N[C@@H]2CCc3nc(C)cn3C2)cc1. The molecule has 5 nitrogen and oxygen atoms in total. The molecule has 1 atom stereocenters. The van der Waals surface area contributed by atoms with Crippen molar-refractivity contribution in [2.75, 3.05) is 7.11 Å². The Hall–Kier alpha value is -2.30. The van der Waals surface area contributed by atoms with Gasteiger partial charge in [-0.05, 0) is 31.0 Å². The highest BCUT2D eigenvalue weighted by Gasteiger charge is 2.21. The zero-order chi connectivity index (χ0) is 15.5. The third-order valence-corrected chi connectivity index (χ3v) is 4.00. The van der Waals surface area contributed by atoms with Gasteiger partial charge in [-0.25, -0.2) is 4.98 Å². The number of nitrogens with zero attached hydrogens (tertiary/aromatic N) is 2. The fourth-order valence-electron chi connectivity index (χ4n) is 2.91. The van der Waals surface area contributed by atoms with Gasteiger partial charge in [0.15, 0.2) is 0 Å². The summed E-state index contributed by atoms with van der Waals surface area (Å²) in [5, 5.41) is 3.13. The number of imidazole rings is 1. The number of ether oxygens (including phenoxy) is 1. The van der Waals surface area contributed by atoms with E-state index < -0.39 is 0 Å². The van der Waals surface area contributed by atoms with E-state index in [1.165, 1.54) is 0 Å². The van der Waals surface area contributed by atoms with Gasteiger partial charge in [-0.3, -0.25) is 4.79 Å². The van der Waals surface area contributed by atoms with E-state index in [2.05, 4.69) is 21.1 Å². The van der Waals surface area contributed by atoms with Crippen molar-refractivity contribution < 1.29 is 9.53 Å². The summed E-state index contributed by atoms with van der Waals surface area (Å²) in [5.41, 5.74) is 2.04. The third kappa shape index (κ3) is 3.30. The second-order valence-corrected chi connectivity index (χ2v) is 5.78. The third-order valence-electron chi connectivity index (χ3n) is 4.00. The molecule has 1 aromatic carbocycles. The first-order chi connectivity index (χ1) is 10.6. The summed E-state index contributed by atoms with van der Waals surface area (Å²) in [6.45, 7) is 2.81. The van der Waals surface area contributed by atoms with Crippen molar-refractivity contribution in [1.82, 2.24) is 14.9 Å². The minimum absolute atomic E-state index is 0.0652. The molecule has 1 amide bonds. The molecule has 0 unspecified atom stereocenters. The van der Waals surface area contributed by atoms with E-state index in [4.69, 9.17) is 4.74 Å². The Bertz CT molecular complexity index is 661. The lowest BCUT2D eigenvalue weighted by Gasteiger charge is -2.24. The smallest absolute Gasteiger partial charge is 0.224 e. The van der Waals surface area contributed by atoms with Gasteiger partial charge in [0, 0.05) is 25.2 Å². The van der Waals surface area contributed by atoms with Gasteiger partial charge >= 0.3 is 0 Å². The van der Waals surface area contributed by atoms with Crippen LogP contribution in [0.15, 0.2) is 30.5 Å². The lowest BCUT2D eigenvalue weighted by molar-refractivity contribution is -0.121. The van der Waals surface area contributed by atoms with Crippen LogP contribution in [0.3, 0.4) is 0 Å². The topological polar surface area (TPSA) is 56.1 Å². The Morgan fingerprint density at radius 2 is 2.18 bits per heavy atom. The Morgan fingerprint density at radius 3 is 2.91 bits per heavy atom. The fraction of sp³-hybridized carbons (Fsp3) is 0.412. The maximum absolute atomic E-state index is 12.2. The van der Waals surface area contributed by atoms with Crippen LogP contribution in [0.4, 0.5) is 0 Å². The van der Waals surface area contributed by atoms with E-state index in [1.54, 1.807) is 7.11 Å². The van der Waals surface area contributed by atoms with Gasteiger partial charge in [0.1, 0.15) is 11.6 Å². The number of carbonyl (C=O) groups is 1. The molecule has 2 heterocycles. The number of fused-ring (bicyclic) bond motifs is 1. The maximum Gasteiger partial charge on any atom is 0.224 e. The molecule has 1 aromatic heterocycles. The largest absolute Gasteiger partial charge is 0.497 e. The number of hydrogen-bond acceptors (Lipinski definition) is 3. The highest BCUT2D eigenvalue weighted by atomic mass is 16.5. The zero-order valence-electron chi connectivity index (χ0n) is 13.0. The predicted octanol–water partition coefficient (Wildman–Crippen LogP) is 1.87.